The smallest absolute Gasteiger partial charge is 0.280 e. The van der Waals surface area contributed by atoms with E-state index in [0.29, 0.717) is 15.7 Å². The van der Waals surface area contributed by atoms with Gasteiger partial charge in [0.15, 0.2) is 0 Å². The largest absolute Gasteiger partial charge is 0.392 e. The molecule has 0 spiro atoms. The Morgan fingerprint density at radius 1 is 1.62 bits per heavy atom. The van der Waals surface area contributed by atoms with Crippen molar-refractivity contribution in [2.45, 2.75) is 20.0 Å². The van der Waals surface area contributed by atoms with Crippen LogP contribution < -0.4 is 0 Å². The van der Waals surface area contributed by atoms with Crippen LogP contribution in [-0.2, 0) is 6.61 Å². The Morgan fingerprint density at radius 3 is 2.69 bits per heavy atom. The summed E-state index contributed by atoms with van der Waals surface area (Å²) < 4.78 is 25.0. The summed E-state index contributed by atoms with van der Waals surface area (Å²) in [6, 6.07) is 1.53. The Hall–Kier alpha value is -0.550. The highest BCUT2D eigenvalue weighted by atomic mass is 79.9. The zero-order valence-electron chi connectivity index (χ0n) is 6.89. The van der Waals surface area contributed by atoms with E-state index in [0.717, 1.165) is 0 Å². The van der Waals surface area contributed by atoms with Crippen LogP contribution in [0, 0.1) is 6.92 Å². The second-order valence-corrected chi connectivity index (χ2v) is 3.39. The number of hydrogen-bond donors (Lipinski definition) is 1. The first-order chi connectivity index (χ1) is 6.06. The average Bonchev–Trinajstić information content (AvgIpc) is 2.08. The molecule has 0 aliphatic heterocycles. The number of alkyl halides is 2. The van der Waals surface area contributed by atoms with Gasteiger partial charge in [0.1, 0.15) is 10.3 Å². The first-order valence-corrected chi connectivity index (χ1v) is 4.40. The molecule has 1 aromatic rings. The first-order valence-electron chi connectivity index (χ1n) is 3.61. The van der Waals surface area contributed by atoms with Crippen molar-refractivity contribution in [3.05, 3.63) is 27.5 Å². The third kappa shape index (κ3) is 2.22. The van der Waals surface area contributed by atoms with Gasteiger partial charge in [-0.05, 0) is 40.0 Å². The Labute approximate surface area is 82.7 Å². The van der Waals surface area contributed by atoms with E-state index in [2.05, 4.69) is 20.9 Å². The first kappa shape index (κ1) is 10.5. The summed E-state index contributed by atoms with van der Waals surface area (Å²) in [4.78, 5) is 3.64. The molecule has 0 atom stereocenters. The standard InChI is InChI=1S/C8H8BrF2NO/c1-4-5(3-13)2-6(9)12-7(4)8(10)11/h2,8,13H,3H2,1H3. The monoisotopic (exact) mass is 251 g/mol. The van der Waals surface area contributed by atoms with E-state index >= 15 is 0 Å². The van der Waals surface area contributed by atoms with E-state index in [4.69, 9.17) is 5.11 Å². The fourth-order valence-electron chi connectivity index (χ4n) is 1.02. The van der Waals surface area contributed by atoms with Crippen LogP contribution in [0.15, 0.2) is 10.7 Å². The quantitative estimate of drug-likeness (QED) is 0.820. The van der Waals surface area contributed by atoms with E-state index in [1.807, 2.05) is 0 Å². The lowest BCUT2D eigenvalue weighted by Crippen LogP contribution is -2.00. The molecule has 72 valence electrons. The molecular weight excluding hydrogens is 244 g/mol. The van der Waals surface area contributed by atoms with Gasteiger partial charge in [0.05, 0.1) is 6.61 Å². The predicted octanol–water partition coefficient (Wildman–Crippen LogP) is 2.58. The minimum Gasteiger partial charge on any atom is -0.392 e. The van der Waals surface area contributed by atoms with Crippen molar-refractivity contribution in [3.8, 4) is 0 Å². The number of aromatic nitrogens is 1. The molecule has 0 aliphatic carbocycles. The summed E-state index contributed by atoms with van der Waals surface area (Å²) in [5, 5.41) is 8.86. The van der Waals surface area contributed by atoms with Crippen molar-refractivity contribution in [1.82, 2.24) is 4.98 Å². The summed E-state index contributed by atoms with van der Waals surface area (Å²) in [5.74, 6) is 0. The molecule has 0 saturated heterocycles. The van der Waals surface area contributed by atoms with Crippen molar-refractivity contribution in [1.29, 1.82) is 0 Å². The van der Waals surface area contributed by atoms with Crippen molar-refractivity contribution in [2.75, 3.05) is 0 Å². The predicted molar refractivity (Wildman–Crippen MR) is 47.6 cm³/mol. The lowest BCUT2D eigenvalue weighted by molar-refractivity contribution is 0.144. The topological polar surface area (TPSA) is 33.1 Å². The minimum atomic E-state index is -2.61. The summed E-state index contributed by atoms with van der Waals surface area (Å²) in [5.41, 5.74) is 0.538. The molecule has 0 aromatic carbocycles. The Morgan fingerprint density at radius 2 is 2.23 bits per heavy atom. The zero-order valence-corrected chi connectivity index (χ0v) is 8.48. The van der Waals surface area contributed by atoms with Crippen LogP contribution in [0.3, 0.4) is 0 Å². The second kappa shape index (κ2) is 4.11. The molecule has 0 saturated carbocycles. The molecule has 0 radical (unpaired) electrons. The van der Waals surface area contributed by atoms with E-state index in [1.165, 1.54) is 13.0 Å². The maximum absolute atomic E-state index is 12.4. The van der Waals surface area contributed by atoms with Crippen LogP contribution in [0.25, 0.3) is 0 Å². The molecule has 1 aromatic heterocycles. The van der Waals surface area contributed by atoms with Gasteiger partial charge in [-0.3, -0.25) is 0 Å². The van der Waals surface area contributed by atoms with Gasteiger partial charge in [0, 0.05) is 0 Å². The van der Waals surface area contributed by atoms with Gasteiger partial charge >= 0.3 is 0 Å². The highest BCUT2D eigenvalue weighted by Crippen LogP contribution is 2.25. The minimum absolute atomic E-state index is 0.257. The number of pyridine rings is 1. The van der Waals surface area contributed by atoms with Crippen LogP contribution in [0.1, 0.15) is 23.2 Å². The van der Waals surface area contributed by atoms with Crippen LogP contribution >= 0.6 is 15.9 Å². The van der Waals surface area contributed by atoms with Crippen molar-refractivity contribution in [2.24, 2.45) is 0 Å². The van der Waals surface area contributed by atoms with Crippen molar-refractivity contribution in [3.63, 3.8) is 0 Å². The zero-order chi connectivity index (χ0) is 10.0. The van der Waals surface area contributed by atoms with E-state index < -0.39 is 6.43 Å². The third-order valence-electron chi connectivity index (χ3n) is 1.76. The molecule has 1 N–H and O–H groups in total. The maximum Gasteiger partial charge on any atom is 0.280 e. The van der Waals surface area contributed by atoms with E-state index in [-0.39, 0.29) is 12.3 Å². The SMILES string of the molecule is Cc1c(CO)cc(Br)nc1C(F)F. The lowest BCUT2D eigenvalue weighted by atomic mass is 10.1. The molecule has 0 bridgehead atoms. The van der Waals surface area contributed by atoms with Crippen LogP contribution in [0.4, 0.5) is 8.78 Å². The van der Waals surface area contributed by atoms with Crippen LogP contribution in [0.2, 0.25) is 0 Å². The molecule has 0 aliphatic rings. The molecule has 0 amide bonds. The molecule has 1 rings (SSSR count). The fourth-order valence-corrected chi connectivity index (χ4v) is 1.49. The van der Waals surface area contributed by atoms with Crippen LogP contribution in [-0.4, -0.2) is 10.1 Å². The van der Waals surface area contributed by atoms with Gasteiger partial charge in [-0.25, -0.2) is 13.8 Å². The van der Waals surface area contributed by atoms with Gasteiger partial charge in [-0.15, -0.1) is 0 Å². The number of aliphatic hydroxyl groups is 1. The van der Waals surface area contributed by atoms with Crippen molar-refractivity contribution < 1.29 is 13.9 Å². The molecule has 0 unspecified atom stereocenters. The van der Waals surface area contributed by atoms with Crippen molar-refractivity contribution >= 4 is 15.9 Å². The number of halogens is 3. The second-order valence-electron chi connectivity index (χ2n) is 2.57. The highest BCUT2D eigenvalue weighted by molar-refractivity contribution is 9.10. The van der Waals surface area contributed by atoms with Gasteiger partial charge < -0.3 is 5.11 Å². The molecule has 0 fully saturated rings. The molecular formula is C8H8BrF2NO. The molecule has 5 heteroatoms. The highest BCUT2D eigenvalue weighted by Gasteiger charge is 2.15. The fraction of sp³-hybridized carbons (Fsp3) is 0.375. The third-order valence-corrected chi connectivity index (χ3v) is 2.17. The number of hydrogen-bond acceptors (Lipinski definition) is 2. The normalized spacial score (nSPS) is 10.9. The number of rotatable bonds is 2. The summed E-state index contributed by atoms with van der Waals surface area (Å²) >= 11 is 3.00. The summed E-state index contributed by atoms with van der Waals surface area (Å²) in [7, 11) is 0. The Kier molecular flexibility index (Phi) is 3.33. The van der Waals surface area contributed by atoms with Gasteiger partial charge in [0.2, 0.25) is 0 Å². The number of nitrogens with zero attached hydrogens (tertiary/aromatic N) is 1. The van der Waals surface area contributed by atoms with Gasteiger partial charge in [-0.1, -0.05) is 0 Å². The average molecular weight is 252 g/mol. The summed E-state index contributed by atoms with van der Waals surface area (Å²) in [6.45, 7) is 1.26. The molecule has 13 heavy (non-hydrogen) atoms. The van der Waals surface area contributed by atoms with E-state index in [1.54, 1.807) is 0 Å². The Bertz CT molecular complexity index is 317. The van der Waals surface area contributed by atoms with E-state index in [9.17, 15) is 8.78 Å². The molecule has 2 nitrogen and oxygen atoms in total. The lowest BCUT2D eigenvalue weighted by Gasteiger charge is -2.08. The van der Waals surface area contributed by atoms with Gasteiger partial charge in [-0.2, -0.15) is 0 Å². The van der Waals surface area contributed by atoms with Crippen LogP contribution in [0.5, 0.6) is 0 Å². The van der Waals surface area contributed by atoms with Gasteiger partial charge in [0.25, 0.3) is 6.43 Å². The molecule has 1 heterocycles. The maximum atomic E-state index is 12.4. The summed E-state index contributed by atoms with van der Waals surface area (Å²) in [6.07, 6.45) is -2.61. The Balaban J connectivity index is 3.27. The number of aliphatic hydroxyl groups excluding tert-OH is 1.